The Bertz CT molecular complexity index is 1220. The van der Waals surface area contributed by atoms with Crippen molar-refractivity contribution in [3.8, 4) is 0 Å². The van der Waals surface area contributed by atoms with E-state index in [0.717, 1.165) is 11.1 Å². The Morgan fingerprint density at radius 3 is 2.58 bits per heavy atom. The molecule has 0 saturated heterocycles. The summed E-state index contributed by atoms with van der Waals surface area (Å²) in [6.45, 7) is 2.05. The molecule has 4 rings (SSSR count). The first-order valence-corrected chi connectivity index (χ1v) is 9.20. The van der Waals surface area contributed by atoms with Gasteiger partial charge in [-0.05, 0) is 36.3 Å². The molecular weight excluding hydrogens is 366 g/mol. The molecule has 0 aliphatic heterocycles. The van der Waals surface area contributed by atoms with Gasteiger partial charge in [-0.25, -0.2) is 0 Å². The van der Waals surface area contributed by atoms with Crippen LogP contribution < -0.4 is 10.1 Å². The number of thiazole rings is 1. The number of benzene rings is 2. The molecule has 0 radical (unpaired) electrons. The van der Waals surface area contributed by atoms with Gasteiger partial charge in [0.25, 0.3) is 5.56 Å². The van der Waals surface area contributed by atoms with Gasteiger partial charge in [-0.1, -0.05) is 77.0 Å². The summed E-state index contributed by atoms with van der Waals surface area (Å²) in [5, 5.41) is 4.90. The molecule has 2 aromatic carbocycles. The normalized spacial score (nSPS) is 12.5. The summed E-state index contributed by atoms with van der Waals surface area (Å²) in [7, 11) is 0. The van der Waals surface area contributed by atoms with Crippen LogP contribution in [-0.4, -0.2) is 14.6 Å². The monoisotopic (exact) mass is 379 g/mol. The van der Waals surface area contributed by atoms with Gasteiger partial charge in [0, 0.05) is 5.02 Å². The summed E-state index contributed by atoms with van der Waals surface area (Å²) in [6, 6.07) is 15.5. The van der Waals surface area contributed by atoms with Gasteiger partial charge in [0.05, 0.1) is 4.53 Å². The molecular formula is C20H14ClN3OS. The van der Waals surface area contributed by atoms with E-state index in [1.807, 2.05) is 55.5 Å². The van der Waals surface area contributed by atoms with Crippen molar-refractivity contribution in [1.29, 1.82) is 0 Å². The number of fused-ring (bicyclic) bond motifs is 1. The molecule has 0 bridgehead atoms. The number of halogens is 1. The number of rotatable bonds is 3. The summed E-state index contributed by atoms with van der Waals surface area (Å²) >= 11 is 7.46. The molecule has 2 aromatic heterocycles. The van der Waals surface area contributed by atoms with Crippen molar-refractivity contribution in [3.63, 3.8) is 0 Å². The van der Waals surface area contributed by atoms with Gasteiger partial charge >= 0.3 is 0 Å². The van der Waals surface area contributed by atoms with Crippen molar-refractivity contribution in [2.45, 2.75) is 6.92 Å². The van der Waals surface area contributed by atoms with Crippen LogP contribution in [0, 0.1) is 6.92 Å². The van der Waals surface area contributed by atoms with Crippen LogP contribution >= 0.6 is 22.9 Å². The Labute approximate surface area is 158 Å². The van der Waals surface area contributed by atoms with E-state index in [9.17, 15) is 4.79 Å². The number of nitrogens with zero attached hydrogens (tertiary/aromatic N) is 3. The van der Waals surface area contributed by atoms with Gasteiger partial charge in [-0.3, -0.25) is 4.79 Å². The minimum absolute atomic E-state index is 0.188. The third kappa shape index (κ3) is 3.31. The van der Waals surface area contributed by atoms with Gasteiger partial charge in [-0.15, -0.1) is 5.10 Å². The van der Waals surface area contributed by atoms with E-state index >= 15 is 0 Å². The van der Waals surface area contributed by atoms with Crippen LogP contribution in [0.2, 0.25) is 5.02 Å². The van der Waals surface area contributed by atoms with E-state index in [-0.39, 0.29) is 5.56 Å². The summed E-state index contributed by atoms with van der Waals surface area (Å²) in [4.78, 5) is 17.5. The smallest absolute Gasteiger partial charge is 0.266 e. The lowest BCUT2D eigenvalue weighted by atomic mass is 10.1. The lowest BCUT2D eigenvalue weighted by Crippen LogP contribution is -2.23. The minimum Gasteiger partial charge on any atom is -0.266 e. The number of hydrogen-bond donors (Lipinski definition) is 0. The Morgan fingerprint density at radius 1 is 1.08 bits per heavy atom. The third-order valence-electron chi connectivity index (χ3n) is 3.89. The van der Waals surface area contributed by atoms with Crippen molar-refractivity contribution in [1.82, 2.24) is 14.6 Å². The fourth-order valence-corrected chi connectivity index (χ4v) is 3.60. The number of aryl methyl sites for hydroxylation is 1. The van der Waals surface area contributed by atoms with Crippen LogP contribution in [0.4, 0.5) is 0 Å². The van der Waals surface area contributed by atoms with E-state index in [0.29, 0.717) is 20.3 Å². The Morgan fingerprint density at radius 2 is 1.85 bits per heavy atom. The second-order valence-corrected chi connectivity index (χ2v) is 7.26. The zero-order valence-electron chi connectivity index (χ0n) is 13.9. The predicted molar refractivity (Wildman–Crippen MR) is 107 cm³/mol. The molecule has 0 fully saturated rings. The molecule has 0 spiro atoms. The Hall–Kier alpha value is -2.76. The van der Waals surface area contributed by atoms with Crippen LogP contribution in [-0.2, 0) is 0 Å². The zero-order valence-corrected chi connectivity index (χ0v) is 15.5. The van der Waals surface area contributed by atoms with Crippen LogP contribution in [0.15, 0.2) is 53.3 Å². The van der Waals surface area contributed by atoms with Gasteiger partial charge in [0.15, 0.2) is 5.82 Å². The molecule has 0 aliphatic carbocycles. The van der Waals surface area contributed by atoms with E-state index in [1.165, 1.54) is 21.4 Å². The quantitative estimate of drug-likeness (QED) is 0.543. The van der Waals surface area contributed by atoms with E-state index < -0.39 is 0 Å². The highest BCUT2D eigenvalue weighted by molar-refractivity contribution is 7.15. The average Bonchev–Trinajstić information content (AvgIpc) is 3.16. The van der Waals surface area contributed by atoms with Crippen molar-refractivity contribution in [2.75, 3.05) is 0 Å². The molecule has 0 atom stereocenters. The topological polar surface area (TPSA) is 47.3 Å². The Kier molecular flexibility index (Phi) is 4.41. The largest absolute Gasteiger partial charge is 0.291 e. The van der Waals surface area contributed by atoms with Crippen molar-refractivity contribution >= 4 is 46.1 Å². The van der Waals surface area contributed by atoms with Crippen molar-refractivity contribution < 1.29 is 0 Å². The number of hydrogen-bond acceptors (Lipinski definition) is 4. The molecule has 2 heterocycles. The molecule has 4 aromatic rings. The van der Waals surface area contributed by atoms with Crippen LogP contribution in [0.25, 0.3) is 23.2 Å². The van der Waals surface area contributed by atoms with Gasteiger partial charge < -0.3 is 0 Å². The molecule has 0 unspecified atom stereocenters. The molecule has 0 saturated carbocycles. The Balaban J connectivity index is 1.69. The predicted octanol–water partition coefficient (Wildman–Crippen LogP) is 3.83. The fourth-order valence-electron chi connectivity index (χ4n) is 2.50. The first kappa shape index (κ1) is 16.7. The zero-order chi connectivity index (χ0) is 18.1. The summed E-state index contributed by atoms with van der Waals surface area (Å²) in [5.41, 5.74) is 2.88. The van der Waals surface area contributed by atoms with E-state index in [2.05, 4.69) is 10.1 Å². The summed E-state index contributed by atoms with van der Waals surface area (Å²) in [6.07, 6.45) is 5.51. The van der Waals surface area contributed by atoms with Crippen LogP contribution in [0.5, 0.6) is 0 Å². The minimum atomic E-state index is -0.188. The SMILES string of the molecule is Cc1ccc(/C=C/c2nc3s/c(=C/c4ccccc4Cl)c(=O)n3n2)cc1. The highest BCUT2D eigenvalue weighted by Gasteiger charge is 2.09. The van der Waals surface area contributed by atoms with Crippen molar-refractivity contribution in [3.05, 3.63) is 91.0 Å². The van der Waals surface area contributed by atoms with Crippen LogP contribution in [0.1, 0.15) is 22.5 Å². The van der Waals surface area contributed by atoms with Gasteiger partial charge in [0.2, 0.25) is 4.96 Å². The maximum absolute atomic E-state index is 12.5. The first-order valence-electron chi connectivity index (χ1n) is 8.01. The highest BCUT2D eigenvalue weighted by Crippen LogP contribution is 2.15. The molecule has 6 heteroatoms. The van der Waals surface area contributed by atoms with Crippen LogP contribution in [0.3, 0.4) is 0 Å². The molecule has 128 valence electrons. The maximum atomic E-state index is 12.5. The lowest BCUT2D eigenvalue weighted by Gasteiger charge is -1.94. The number of aromatic nitrogens is 3. The lowest BCUT2D eigenvalue weighted by molar-refractivity contribution is 0.925. The second kappa shape index (κ2) is 6.86. The standard InChI is InChI=1S/C20H14ClN3OS/c1-13-6-8-14(9-7-13)10-11-18-22-20-24(23-18)19(25)17(26-20)12-15-4-2-3-5-16(15)21/h2-12H,1H3/b11-10+,17-12+. The first-order chi connectivity index (χ1) is 12.6. The third-order valence-corrected chi connectivity index (χ3v) is 5.20. The molecule has 0 aliphatic rings. The molecule has 4 nitrogen and oxygen atoms in total. The van der Waals surface area contributed by atoms with Gasteiger partial charge in [-0.2, -0.15) is 9.50 Å². The molecule has 0 amide bonds. The fraction of sp³-hybridized carbons (Fsp3) is 0.0500. The highest BCUT2D eigenvalue weighted by atomic mass is 35.5. The molecule has 26 heavy (non-hydrogen) atoms. The molecule has 0 N–H and O–H groups in total. The summed E-state index contributed by atoms with van der Waals surface area (Å²) in [5.74, 6) is 0.512. The second-order valence-electron chi connectivity index (χ2n) is 5.85. The van der Waals surface area contributed by atoms with Crippen molar-refractivity contribution in [2.24, 2.45) is 0 Å². The van der Waals surface area contributed by atoms with E-state index in [1.54, 1.807) is 18.2 Å². The maximum Gasteiger partial charge on any atom is 0.291 e. The summed E-state index contributed by atoms with van der Waals surface area (Å²) < 4.78 is 1.89. The van der Waals surface area contributed by atoms with Gasteiger partial charge in [0.1, 0.15) is 0 Å². The average molecular weight is 380 g/mol. The van der Waals surface area contributed by atoms with E-state index in [4.69, 9.17) is 11.6 Å².